The molecule has 8 nitrogen and oxygen atoms in total. The first-order valence-electron chi connectivity index (χ1n) is 8.90. The summed E-state index contributed by atoms with van der Waals surface area (Å²) in [5.74, 6) is -1.52. The predicted octanol–water partition coefficient (Wildman–Crippen LogP) is 3.91. The predicted molar refractivity (Wildman–Crippen MR) is 124 cm³/mol. The van der Waals surface area contributed by atoms with Crippen LogP contribution in [0, 0.1) is 0 Å². The number of rotatable bonds is 7. The lowest BCUT2D eigenvalue weighted by Gasteiger charge is -2.06. The van der Waals surface area contributed by atoms with E-state index in [-0.39, 0.29) is 25.4 Å². The molecule has 1 heterocycles. The number of thiophene rings is 1. The van der Waals surface area contributed by atoms with Crippen LogP contribution in [0.15, 0.2) is 52.7 Å². The van der Waals surface area contributed by atoms with Crippen LogP contribution in [0.2, 0.25) is 4.34 Å². The van der Waals surface area contributed by atoms with Gasteiger partial charge in [-0.2, -0.15) is 0 Å². The highest BCUT2D eigenvalue weighted by Gasteiger charge is 2.22. The summed E-state index contributed by atoms with van der Waals surface area (Å²) in [5, 5.41) is 9.99. The number of carbonyl (C=O) groups is 1. The molecule has 3 aromatic rings. The molecule has 2 N–H and O–H groups in total. The number of halogens is 1. The molecule has 0 amide bonds. The van der Waals surface area contributed by atoms with Crippen LogP contribution in [0.5, 0.6) is 5.75 Å². The number of nitrogens with one attached hydrogen (secondary N) is 1. The maximum atomic E-state index is 12.9. The second-order valence-electron chi connectivity index (χ2n) is 6.81. The number of phenols is 1. The van der Waals surface area contributed by atoms with Crippen molar-refractivity contribution in [3.63, 3.8) is 0 Å². The van der Waals surface area contributed by atoms with Crippen LogP contribution >= 0.6 is 22.9 Å². The molecule has 170 valence electrons. The summed E-state index contributed by atoms with van der Waals surface area (Å²) in [4.78, 5) is 11.6. The van der Waals surface area contributed by atoms with E-state index in [2.05, 4.69) is 9.46 Å². The normalized spacial score (nSPS) is 11.8. The zero-order valence-corrected chi connectivity index (χ0v) is 20.0. The summed E-state index contributed by atoms with van der Waals surface area (Å²) in [6.45, 7) is 0. The van der Waals surface area contributed by atoms with Gasteiger partial charge in [-0.25, -0.2) is 21.6 Å². The summed E-state index contributed by atoms with van der Waals surface area (Å²) in [6.07, 6.45) is 1.04. The number of sulfone groups is 1. The number of carbonyl (C=O) groups excluding carboxylic acids is 1. The number of benzene rings is 2. The van der Waals surface area contributed by atoms with Gasteiger partial charge in [-0.05, 0) is 41.5 Å². The Balaban J connectivity index is 1.86. The van der Waals surface area contributed by atoms with E-state index in [0.29, 0.717) is 16.8 Å². The Morgan fingerprint density at radius 1 is 1.09 bits per heavy atom. The largest absolute Gasteiger partial charge is 0.507 e. The van der Waals surface area contributed by atoms with Crippen LogP contribution in [-0.4, -0.2) is 41.3 Å². The zero-order chi connectivity index (χ0) is 23.7. The Labute approximate surface area is 194 Å². The van der Waals surface area contributed by atoms with Gasteiger partial charge in [-0.3, -0.25) is 4.72 Å². The summed E-state index contributed by atoms with van der Waals surface area (Å²) >= 11 is 7.18. The second kappa shape index (κ2) is 9.10. The lowest BCUT2D eigenvalue weighted by molar-refractivity contribution is 0.0597. The van der Waals surface area contributed by atoms with Crippen LogP contribution in [0.4, 0.5) is 5.69 Å². The molecule has 2 aromatic carbocycles. The first-order valence-corrected chi connectivity index (χ1v) is 13.6. The number of esters is 1. The minimum atomic E-state index is -3.80. The van der Waals surface area contributed by atoms with Crippen molar-refractivity contribution in [1.82, 2.24) is 0 Å². The smallest absolute Gasteiger partial charge is 0.341 e. The minimum absolute atomic E-state index is 0.0346. The molecule has 0 atom stereocenters. The Morgan fingerprint density at radius 2 is 1.75 bits per heavy atom. The van der Waals surface area contributed by atoms with Gasteiger partial charge < -0.3 is 9.84 Å². The Bertz CT molecular complexity index is 1380. The number of methoxy groups -OCH3 is 1. The molecule has 1 aromatic heterocycles. The van der Waals surface area contributed by atoms with Gasteiger partial charge in [0, 0.05) is 11.3 Å². The molecule has 3 rings (SSSR count). The van der Waals surface area contributed by atoms with Gasteiger partial charge in [-0.15, -0.1) is 11.3 Å². The van der Waals surface area contributed by atoms with Crippen LogP contribution in [0.25, 0.3) is 11.1 Å². The summed E-state index contributed by atoms with van der Waals surface area (Å²) in [5.41, 5.74) is 1.70. The first-order chi connectivity index (χ1) is 14.9. The molecular weight excluding hydrogens is 498 g/mol. The molecule has 0 radical (unpaired) electrons. The molecule has 0 spiro atoms. The quantitative estimate of drug-likeness (QED) is 0.457. The van der Waals surface area contributed by atoms with E-state index in [4.69, 9.17) is 11.6 Å². The highest BCUT2D eigenvalue weighted by atomic mass is 35.5. The molecule has 0 aliphatic rings. The molecule has 0 fully saturated rings. The van der Waals surface area contributed by atoms with Crippen molar-refractivity contribution in [2.75, 3.05) is 18.1 Å². The average Bonchev–Trinajstić information content (AvgIpc) is 3.09. The molecule has 0 saturated heterocycles. The van der Waals surface area contributed by atoms with E-state index in [0.717, 1.165) is 17.6 Å². The van der Waals surface area contributed by atoms with E-state index in [1.807, 2.05) is 0 Å². The number of hydrogen-bond acceptors (Lipinski definition) is 8. The van der Waals surface area contributed by atoms with Crippen LogP contribution in [-0.2, 0) is 30.4 Å². The number of hydrogen-bond donors (Lipinski definition) is 2. The first kappa shape index (κ1) is 24.1. The van der Waals surface area contributed by atoms with Crippen molar-refractivity contribution in [3.8, 4) is 16.9 Å². The van der Waals surface area contributed by atoms with E-state index >= 15 is 0 Å². The molecule has 0 bridgehead atoms. The fourth-order valence-electron chi connectivity index (χ4n) is 2.87. The molecule has 0 saturated carbocycles. The van der Waals surface area contributed by atoms with Gasteiger partial charge in [0.05, 0.1) is 19.1 Å². The maximum absolute atomic E-state index is 12.9. The molecular formula is C20H18ClNO7S3. The number of ether oxygens (including phenoxy) is 1. The van der Waals surface area contributed by atoms with Crippen molar-refractivity contribution in [2.24, 2.45) is 0 Å². The fourth-order valence-corrected chi connectivity index (χ4v) is 6.62. The second-order valence-corrected chi connectivity index (χ2v) is 12.4. The average molecular weight is 516 g/mol. The van der Waals surface area contributed by atoms with E-state index in [9.17, 15) is 26.7 Å². The molecule has 0 aliphatic carbocycles. The topological polar surface area (TPSA) is 127 Å². The van der Waals surface area contributed by atoms with E-state index in [1.54, 1.807) is 24.3 Å². The van der Waals surface area contributed by atoms with Gasteiger partial charge in [0.2, 0.25) is 10.0 Å². The zero-order valence-electron chi connectivity index (χ0n) is 16.8. The Hall–Kier alpha value is -2.60. The molecule has 0 aliphatic heterocycles. The monoisotopic (exact) mass is 515 g/mol. The van der Waals surface area contributed by atoms with Crippen molar-refractivity contribution in [1.29, 1.82) is 0 Å². The lowest BCUT2D eigenvalue weighted by Crippen LogP contribution is -2.09. The third-order valence-electron chi connectivity index (χ3n) is 4.29. The van der Waals surface area contributed by atoms with Crippen LogP contribution in [0.3, 0.4) is 0 Å². The third kappa shape index (κ3) is 5.60. The van der Waals surface area contributed by atoms with Gasteiger partial charge in [0.1, 0.15) is 19.9 Å². The number of anilines is 1. The standard InChI is InChI=1S/C20H18ClNO7S3/c1-29-20(24)15-8-3-12(9-17(15)23)11-32(27,28)18-10-16(19(21)30-18)13-4-6-14(7-5-13)22-31(2,25)26/h3-10,22-23H,11H2,1-2H3. The molecule has 12 heteroatoms. The third-order valence-corrected chi connectivity index (χ3v) is 8.51. The summed E-state index contributed by atoms with van der Waals surface area (Å²) in [6, 6.07) is 11.7. The minimum Gasteiger partial charge on any atom is -0.507 e. The SMILES string of the molecule is COC(=O)c1ccc(CS(=O)(=O)c2cc(-c3ccc(NS(C)(=O)=O)cc3)c(Cl)s2)cc1O. The maximum Gasteiger partial charge on any atom is 0.341 e. The van der Waals surface area contributed by atoms with Crippen LogP contribution in [0.1, 0.15) is 15.9 Å². The highest BCUT2D eigenvalue weighted by Crippen LogP contribution is 2.39. The Morgan fingerprint density at radius 3 is 2.31 bits per heavy atom. The van der Waals surface area contributed by atoms with Crippen molar-refractivity contribution in [2.45, 2.75) is 9.96 Å². The molecule has 0 unspecified atom stereocenters. The number of sulfonamides is 1. The van der Waals surface area contributed by atoms with Crippen molar-refractivity contribution >= 4 is 54.5 Å². The fraction of sp³-hybridized carbons (Fsp3) is 0.150. The van der Waals surface area contributed by atoms with Gasteiger partial charge in [-0.1, -0.05) is 29.8 Å². The van der Waals surface area contributed by atoms with Gasteiger partial charge >= 0.3 is 5.97 Å². The van der Waals surface area contributed by atoms with Gasteiger partial charge in [0.15, 0.2) is 9.84 Å². The molecule has 32 heavy (non-hydrogen) atoms. The van der Waals surface area contributed by atoms with E-state index in [1.165, 1.54) is 31.4 Å². The Kier molecular flexibility index (Phi) is 6.84. The summed E-state index contributed by atoms with van der Waals surface area (Å²) < 4.78 is 55.6. The number of aromatic hydroxyl groups is 1. The van der Waals surface area contributed by atoms with Crippen LogP contribution < -0.4 is 4.72 Å². The van der Waals surface area contributed by atoms with Crippen molar-refractivity contribution in [3.05, 3.63) is 64.0 Å². The van der Waals surface area contributed by atoms with Gasteiger partial charge in [0.25, 0.3) is 0 Å². The highest BCUT2D eigenvalue weighted by molar-refractivity contribution is 7.92. The lowest BCUT2D eigenvalue weighted by atomic mass is 10.1. The van der Waals surface area contributed by atoms with Crippen molar-refractivity contribution < 1.29 is 31.5 Å². The van der Waals surface area contributed by atoms with E-state index < -0.39 is 31.6 Å². The number of phenolic OH excluding ortho intramolecular Hbond substituents is 1. The summed E-state index contributed by atoms with van der Waals surface area (Å²) in [7, 11) is -6.04.